The van der Waals surface area contributed by atoms with Gasteiger partial charge in [0.2, 0.25) is 0 Å². The molecule has 2 rings (SSSR count). The molecule has 2 aromatic rings. The van der Waals surface area contributed by atoms with E-state index in [-0.39, 0.29) is 0 Å². The average molecular weight is 226 g/mol. The number of halogens is 1. The standard InChI is InChI=1S/C9H8ClN3S/c1-5-9(14-4-12-5)7-2-6(10)3-8(11)13-7/h2-4H,1H3,(H2,11,13). The third kappa shape index (κ3) is 1.71. The summed E-state index contributed by atoms with van der Waals surface area (Å²) in [5.74, 6) is 0.431. The van der Waals surface area contributed by atoms with Gasteiger partial charge in [-0.2, -0.15) is 0 Å². The summed E-state index contributed by atoms with van der Waals surface area (Å²) in [5.41, 5.74) is 9.12. The van der Waals surface area contributed by atoms with Gasteiger partial charge in [0, 0.05) is 5.02 Å². The number of rotatable bonds is 1. The normalized spacial score (nSPS) is 10.4. The summed E-state index contributed by atoms with van der Waals surface area (Å²) in [6, 6.07) is 3.42. The second-order valence-corrected chi connectivity index (χ2v) is 4.15. The highest BCUT2D eigenvalue weighted by molar-refractivity contribution is 7.13. The number of pyridine rings is 1. The molecule has 2 N–H and O–H groups in total. The van der Waals surface area contributed by atoms with Gasteiger partial charge in [-0.15, -0.1) is 11.3 Å². The molecule has 0 saturated heterocycles. The van der Waals surface area contributed by atoms with E-state index in [1.165, 1.54) is 11.3 Å². The highest BCUT2D eigenvalue weighted by Gasteiger charge is 2.07. The van der Waals surface area contributed by atoms with Gasteiger partial charge in [-0.05, 0) is 19.1 Å². The molecule has 0 aliphatic heterocycles. The molecule has 0 aromatic carbocycles. The van der Waals surface area contributed by atoms with E-state index in [1.54, 1.807) is 17.6 Å². The summed E-state index contributed by atoms with van der Waals surface area (Å²) >= 11 is 7.42. The summed E-state index contributed by atoms with van der Waals surface area (Å²) in [5, 5.41) is 0.598. The second-order valence-electron chi connectivity index (χ2n) is 2.86. The van der Waals surface area contributed by atoms with Crippen LogP contribution in [0.15, 0.2) is 17.6 Å². The Morgan fingerprint density at radius 2 is 2.21 bits per heavy atom. The fraction of sp³-hybridized carbons (Fsp3) is 0.111. The molecule has 0 radical (unpaired) electrons. The molecule has 0 saturated carbocycles. The Balaban J connectivity index is 2.57. The first-order chi connectivity index (χ1) is 6.66. The number of thiazole rings is 1. The van der Waals surface area contributed by atoms with Crippen LogP contribution in [0.2, 0.25) is 5.02 Å². The molecule has 0 bridgehead atoms. The molecular formula is C9H8ClN3S. The molecule has 2 heterocycles. The number of nitrogens with two attached hydrogens (primary N) is 1. The maximum Gasteiger partial charge on any atom is 0.125 e. The van der Waals surface area contributed by atoms with Crippen LogP contribution in [-0.2, 0) is 0 Å². The number of hydrogen-bond acceptors (Lipinski definition) is 4. The second kappa shape index (κ2) is 3.55. The van der Waals surface area contributed by atoms with E-state index < -0.39 is 0 Å². The third-order valence-electron chi connectivity index (χ3n) is 1.79. The number of nitrogen functional groups attached to an aromatic ring is 1. The fourth-order valence-corrected chi connectivity index (χ4v) is 2.16. The summed E-state index contributed by atoms with van der Waals surface area (Å²) in [7, 11) is 0. The van der Waals surface area contributed by atoms with E-state index >= 15 is 0 Å². The van der Waals surface area contributed by atoms with E-state index in [9.17, 15) is 0 Å². The molecule has 0 aliphatic carbocycles. The van der Waals surface area contributed by atoms with Gasteiger partial charge < -0.3 is 5.73 Å². The number of hydrogen-bond donors (Lipinski definition) is 1. The Kier molecular flexibility index (Phi) is 2.39. The molecular weight excluding hydrogens is 218 g/mol. The lowest BCUT2D eigenvalue weighted by molar-refractivity contribution is 1.25. The first-order valence-electron chi connectivity index (χ1n) is 4.00. The maximum absolute atomic E-state index is 5.88. The number of aryl methyl sites for hydroxylation is 1. The van der Waals surface area contributed by atoms with Gasteiger partial charge in [0.25, 0.3) is 0 Å². The maximum atomic E-state index is 5.88. The Hall–Kier alpha value is -1.13. The summed E-state index contributed by atoms with van der Waals surface area (Å²) in [4.78, 5) is 9.36. The first kappa shape index (κ1) is 9.43. The lowest BCUT2D eigenvalue weighted by atomic mass is 10.2. The van der Waals surface area contributed by atoms with Crippen molar-refractivity contribution in [2.45, 2.75) is 6.92 Å². The molecule has 0 atom stereocenters. The van der Waals surface area contributed by atoms with E-state index in [0.29, 0.717) is 10.8 Å². The molecule has 0 aliphatic rings. The molecule has 14 heavy (non-hydrogen) atoms. The molecule has 3 nitrogen and oxygen atoms in total. The SMILES string of the molecule is Cc1ncsc1-c1cc(Cl)cc(N)n1. The van der Waals surface area contributed by atoms with Gasteiger partial charge in [-0.25, -0.2) is 9.97 Å². The van der Waals surface area contributed by atoms with Crippen molar-refractivity contribution in [2.75, 3.05) is 5.73 Å². The highest BCUT2D eigenvalue weighted by atomic mass is 35.5. The minimum absolute atomic E-state index is 0.431. The van der Waals surface area contributed by atoms with E-state index in [4.69, 9.17) is 17.3 Å². The van der Waals surface area contributed by atoms with Gasteiger partial charge >= 0.3 is 0 Å². The van der Waals surface area contributed by atoms with Crippen molar-refractivity contribution < 1.29 is 0 Å². The predicted octanol–water partition coefficient (Wildman–Crippen LogP) is 2.75. The smallest absolute Gasteiger partial charge is 0.125 e. The summed E-state index contributed by atoms with van der Waals surface area (Å²) in [6.07, 6.45) is 0. The Bertz CT molecular complexity index is 447. The third-order valence-corrected chi connectivity index (χ3v) is 2.96. The Morgan fingerprint density at radius 3 is 2.79 bits per heavy atom. The molecule has 0 amide bonds. The number of nitrogens with zero attached hydrogens (tertiary/aromatic N) is 2. The fourth-order valence-electron chi connectivity index (χ4n) is 1.18. The van der Waals surface area contributed by atoms with Crippen LogP contribution in [0.25, 0.3) is 10.6 Å². The van der Waals surface area contributed by atoms with Crippen LogP contribution < -0.4 is 5.73 Å². The van der Waals surface area contributed by atoms with Gasteiger partial charge in [-0.3, -0.25) is 0 Å². The van der Waals surface area contributed by atoms with Crippen LogP contribution in [0.3, 0.4) is 0 Å². The van der Waals surface area contributed by atoms with Gasteiger partial charge in [0.05, 0.1) is 21.8 Å². The van der Waals surface area contributed by atoms with Crippen molar-refractivity contribution in [3.8, 4) is 10.6 Å². The van der Waals surface area contributed by atoms with Gasteiger partial charge in [0.15, 0.2) is 0 Å². The van der Waals surface area contributed by atoms with Gasteiger partial charge in [-0.1, -0.05) is 11.6 Å². The molecule has 0 spiro atoms. The van der Waals surface area contributed by atoms with Crippen molar-refractivity contribution >= 4 is 28.8 Å². The first-order valence-corrected chi connectivity index (χ1v) is 5.26. The van der Waals surface area contributed by atoms with Crippen LogP contribution in [0.4, 0.5) is 5.82 Å². The van der Waals surface area contributed by atoms with Gasteiger partial charge in [0.1, 0.15) is 5.82 Å². The molecule has 72 valence electrons. The predicted molar refractivity (Wildman–Crippen MR) is 59.5 cm³/mol. The van der Waals surface area contributed by atoms with Crippen molar-refractivity contribution in [1.82, 2.24) is 9.97 Å². The van der Waals surface area contributed by atoms with Crippen LogP contribution in [0, 0.1) is 6.92 Å². The van der Waals surface area contributed by atoms with E-state index in [0.717, 1.165) is 16.3 Å². The van der Waals surface area contributed by atoms with Crippen molar-refractivity contribution in [3.05, 3.63) is 28.4 Å². The largest absolute Gasteiger partial charge is 0.384 e. The van der Waals surface area contributed by atoms with Crippen molar-refractivity contribution in [1.29, 1.82) is 0 Å². The van der Waals surface area contributed by atoms with Crippen LogP contribution >= 0.6 is 22.9 Å². The lowest BCUT2D eigenvalue weighted by Gasteiger charge is -2.00. The molecule has 5 heteroatoms. The van der Waals surface area contributed by atoms with Crippen LogP contribution in [0.1, 0.15) is 5.69 Å². The Labute approximate surface area is 90.6 Å². The monoisotopic (exact) mass is 225 g/mol. The van der Waals surface area contributed by atoms with Crippen molar-refractivity contribution in [3.63, 3.8) is 0 Å². The number of anilines is 1. The zero-order valence-corrected chi connectivity index (χ0v) is 9.06. The van der Waals surface area contributed by atoms with Crippen LogP contribution in [-0.4, -0.2) is 9.97 Å². The minimum atomic E-state index is 0.431. The van der Waals surface area contributed by atoms with E-state index in [2.05, 4.69) is 9.97 Å². The highest BCUT2D eigenvalue weighted by Crippen LogP contribution is 2.28. The zero-order valence-electron chi connectivity index (χ0n) is 7.49. The van der Waals surface area contributed by atoms with E-state index in [1.807, 2.05) is 6.92 Å². The van der Waals surface area contributed by atoms with Crippen LogP contribution in [0.5, 0.6) is 0 Å². The zero-order chi connectivity index (χ0) is 10.1. The quantitative estimate of drug-likeness (QED) is 0.812. The van der Waals surface area contributed by atoms with Crippen molar-refractivity contribution in [2.24, 2.45) is 0 Å². The topological polar surface area (TPSA) is 51.8 Å². The molecule has 0 unspecified atom stereocenters. The number of aromatic nitrogens is 2. The Morgan fingerprint density at radius 1 is 1.43 bits per heavy atom. The molecule has 2 aromatic heterocycles. The summed E-state index contributed by atoms with van der Waals surface area (Å²) in [6.45, 7) is 1.94. The summed E-state index contributed by atoms with van der Waals surface area (Å²) < 4.78 is 0. The minimum Gasteiger partial charge on any atom is -0.384 e. The molecule has 0 fully saturated rings. The lowest BCUT2D eigenvalue weighted by Crippen LogP contribution is -1.92. The average Bonchev–Trinajstić information content (AvgIpc) is 2.49.